The van der Waals surface area contributed by atoms with E-state index in [4.69, 9.17) is 15.9 Å². The van der Waals surface area contributed by atoms with Crippen molar-refractivity contribution in [3.05, 3.63) is 29.8 Å². The Morgan fingerprint density at radius 2 is 2.20 bits per heavy atom. The van der Waals surface area contributed by atoms with Crippen LogP contribution < -0.4 is 10.5 Å². The van der Waals surface area contributed by atoms with Crippen LogP contribution in [0.4, 0.5) is 0 Å². The van der Waals surface area contributed by atoms with Crippen molar-refractivity contribution in [1.29, 1.82) is 5.41 Å². The van der Waals surface area contributed by atoms with Crippen molar-refractivity contribution < 1.29 is 4.74 Å². The van der Waals surface area contributed by atoms with Crippen molar-refractivity contribution in [1.82, 2.24) is 0 Å². The highest BCUT2D eigenvalue weighted by atomic mass is 32.2. The van der Waals surface area contributed by atoms with Crippen LogP contribution in [0.15, 0.2) is 24.3 Å². The van der Waals surface area contributed by atoms with Gasteiger partial charge in [0.25, 0.3) is 0 Å². The van der Waals surface area contributed by atoms with Crippen LogP contribution in [0.1, 0.15) is 12.5 Å². The molecule has 0 heterocycles. The minimum atomic E-state index is 0.0498. The molecule has 0 amide bonds. The van der Waals surface area contributed by atoms with E-state index in [1.165, 1.54) is 0 Å². The van der Waals surface area contributed by atoms with Gasteiger partial charge in [-0.2, -0.15) is 11.8 Å². The molecule has 1 aromatic rings. The smallest absolute Gasteiger partial charge is 0.130 e. The maximum atomic E-state index is 7.39. The Kier molecular flexibility index (Phi) is 5.04. The van der Waals surface area contributed by atoms with Crippen LogP contribution in [0, 0.1) is 5.41 Å². The maximum Gasteiger partial charge on any atom is 0.130 e. The van der Waals surface area contributed by atoms with Crippen LogP contribution >= 0.6 is 11.8 Å². The molecule has 3 nitrogen and oxygen atoms in total. The van der Waals surface area contributed by atoms with Crippen molar-refractivity contribution in [2.24, 2.45) is 5.73 Å². The van der Waals surface area contributed by atoms with E-state index in [9.17, 15) is 0 Å². The number of nitrogens with two attached hydrogens (primary N) is 1. The first-order chi connectivity index (χ1) is 7.25. The first-order valence-corrected chi connectivity index (χ1v) is 6.05. The number of hydrogen-bond donors (Lipinski definition) is 2. The Morgan fingerprint density at radius 1 is 1.47 bits per heavy atom. The molecule has 0 atom stereocenters. The average molecular weight is 224 g/mol. The number of nitrogens with one attached hydrogen (secondary N) is 1. The average Bonchev–Trinajstić information content (AvgIpc) is 2.25. The summed E-state index contributed by atoms with van der Waals surface area (Å²) < 4.78 is 5.56. The normalized spacial score (nSPS) is 9.93. The molecular formula is C11H16N2OS. The van der Waals surface area contributed by atoms with Gasteiger partial charge in [0.05, 0.1) is 12.2 Å². The van der Waals surface area contributed by atoms with Gasteiger partial charge < -0.3 is 10.5 Å². The van der Waals surface area contributed by atoms with Crippen LogP contribution in [-0.2, 0) is 0 Å². The fourth-order valence-corrected chi connectivity index (χ4v) is 1.66. The SMILES string of the molecule is CCSCCOc1ccccc1C(=N)N. The van der Waals surface area contributed by atoms with Gasteiger partial charge in [0.2, 0.25) is 0 Å². The summed E-state index contributed by atoms with van der Waals surface area (Å²) in [5, 5.41) is 7.39. The molecule has 0 aromatic heterocycles. The van der Waals surface area contributed by atoms with Gasteiger partial charge in [0.1, 0.15) is 11.6 Å². The van der Waals surface area contributed by atoms with E-state index in [-0.39, 0.29) is 5.84 Å². The number of benzene rings is 1. The molecule has 4 heteroatoms. The molecule has 15 heavy (non-hydrogen) atoms. The summed E-state index contributed by atoms with van der Waals surface area (Å²) in [6, 6.07) is 7.37. The largest absolute Gasteiger partial charge is 0.492 e. The minimum absolute atomic E-state index is 0.0498. The summed E-state index contributed by atoms with van der Waals surface area (Å²) in [5.74, 6) is 2.80. The third-order valence-corrected chi connectivity index (χ3v) is 2.73. The van der Waals surface area contributed by atoms with Gasteiger partial charge in [-0.05, 0) is 17.9 Å². The predicted molar refractivity (Wildman–Crippen MR) is 66.0 cm³/mol. The summed E-state index contributed by atoms with van der Waals surface area (Å²) >= 11 is 1.83. The molecule has 0 spiro atoms. The monoisotopic (exact) mass is 224 g/mol. The van der Waals surface area contributed by atoms with E-state index < -0.39 is 0 Å². The lowest BCUT2D eigenvalue weighted by Gasteiger charge is -2.09. The first kappa shape index (κ1) is 11.9. The minimum Gasteiger partial charge on any atom is -0.492 e. The number of rotatable bonds is 6. The summed E-state index contributed by atoms with van der Waals surface area (Å²) in [4.78, 5) is 0. The zero-order valence-electron chi connectivity index (χ0n) is 8.82. The third-order valence-electron chi connectivity index (χ3n) is 1.87. The van der Waals surface area contributed by atoms with Crippen LogP contribution in [0.25, 0.3) is 0 Å². The second-order valence-corrected chi connectivity index (χ2v) is 4.35. The van der Waals surface area contributed by atoms with Gasteiger partial charge in [-0.25, -0.2) is 0 Å². The van der Waals surface area contributed by atoms with E-state index in [2.05, 4.69) is 6.92 Å². The lowest BCUT2D eigenvalue weighted by Crippen LogP contribution is -2.13. The van der Waals surface area contributed by atoms with Crippen molar-refractivity contribution in [3.8, 4) is 5.75 Å². The summed E-state index contributed by atoms with van der Waals surface area (Å²) in [6.45, 7) is 2.77. The molecule has 0 bridgehead atoms. The van der Waals surface area contributed by atoms with E-state index in [1.807, 2.05) is 30.0 Å². The molecule has 0 unspecified atom stereocenters. The molecule has 0 aliphatic heterocycles. The summed E-state index contributed by atoms with van der Waals surface area (Å²) in [7, 11) is 0. The zero-order valence-corrected chi connectivity index (χ0v) is 9.64. The number of para-hydroxylation sites is 1. The highest BCUT2D eigenvalue weighted by Crippen LogP contribution is 2.17. The van der Waals surface area contributed by atoms with Gasteiger partial charge in [-0.1, -0.05) is 19.1 Å². The van der Waals surface area contributed by atoms with Crippen LogP contribution in [0.3, 0.4) is 0 Å². The fraction of sp³-hybridized carbons (Fsp3) is 0.364. The number of thioether (sulfide) groups is 1. The second kappa shape index (κ2) is 6.35. The summed E-state index contributed by atoms with van der Waals surface area (Å²) in [6.07, 6.45) is 0. The Balaban J connectivity index is 2.56. The lowest BCUT2D eigenvalue weighted by molar-refractivity contribution is 0.343. The van der Waals surface area contributed by atoms with Crippen molar-refractivity contribution in [2.75, 3.05) is 18.1 Å². The van der Waals surface area contributed by atoms with Crippen molar-refractivity contribution in [3.63, 3.8) is 0 Å². The molecule has 3 N–H and O–H groups in total. The number of nitrogen functional groups attached to an aromatic ring is 1. The first-order valence-electron chi connectivity index (χ1n) is 4.89. The van der Waals surface area contributed by atoms with Crippen LogP contribution in [0.2, 0.25) is 0 Å². The highest BCUT2D eigenvalue weighted by molar-refractivity contribution is 7.99. The predicted octanol–water partition coefficient (Wildman–Crippen LogP) is 2.10. The second-order valence-electron chi connectivity index (χ2n) is 2.96. The van der Waals surface area contributed by atoms with Gasteiger partial charge in [-0.3, -0.25) is 5.41 Å². The van der Waals surface area contributed by atoms with E-state index in [0.717, 1.165) is 11.5 Å². The molecule has 1 rings (SSSR count). The Hall–Kier alpha value is -1.16. The van der Waals surface area contributed by atoms with E-state index in [0.29, 0.717) is 17.9 Å². The van der Waals surface area contributed by atoms with Gasteiger partial charge >= 0.3 is 0 Å². The molecule has 0 aliphatic rings. The fourth-order valence-electron chi connectivity index (χ4n) is 1.17. The number of ether oxygens (including phenoxy) is 1. The molecule has 0 radical (unpaired) electrons. The molecule has 0 saturated carbocycles. The van der Waals surface area contributed by atoms with Crippen molar-refractivity contribution >= 4 is 17.6 Å². The molecule has 0 fully saturated rings. The highest BCUT2D eigenvalue weighted by Gasteiger charge is 2.04. The quantitative estimate of drug-likeness (QED) is 0.442. The maximum absolute atomic E-state index is 7.39. The van der Waals surface area contributed by atoms with Gasteiger partial charge in [0, 0.05) is 5.75 Å². The Morgan fingerprint density at radius 3 is 2.87 bits per heavy atom. The van der Waals surface area contributed by atoms with E-state index in [1.54, 1.807) is 6.07 Å². The molecule has 1 aromatic carbocycles. The Labute approximate surface area is 94.5 Å². The van der Waals surface area contributed by atoms with Gasteiger partial charge in [-0.15, -0.1) is 0 Å². The number of hydrogen-bond acceptors (Lipinski definition) is 3. The molecule has 0 saturated heterocycles. The van der Waals surface area contributed by atoms with Crippen molar-refractivity contribution in [2.45, 2.75) is 6.92 Å². The third kappa shape index (κ3) is 3.83. The standard InChI is InChI=1S/C11H16N2OS/c1-2-15-8-7-14-10-6-4-3-5-9(10)11(12)13/h3-6H,2,7-8H2,1H3,(H3,12,13). The topological polar surface area (TPSA) is 59.1 Å². The van der Waals surface area contributed by atoms with E-state index >= 15 is 0 Å². The number of amidine groups is 1. The van der Waals surface area contributed by atoms with Gasteiger partial charge in [0.15, 0.2) is 0 Å². The van der Waals surface area contributed by atoms with Crippen LogP contribution in [0.5, 0.6) is 5.75 Å². The molecule has 82 valence electrons. The molecular weight excluding hydrogens is 208 g/mol. The Bertz CT molecular complexity index is 328. The summed E-state index contributed by atoms with van der Waals surface area (Å²) in [5.41, 5.74) is 6.11. The lowest BCUT2D eigenvalue weighted by atomic mass is 10.2. The van der Waals surface area contributed by atoms with Crippen LogP contribution in [-0.4, -0.2) is 23.9 Å². The molecule has 0 aliphatic carbocycles. The zero-order chi connectivity index (χ0) is 11.1.